The first-order valence-electron chi connectivity index (χ1n) is 14.6. The van der Waals surface area contributed by atoms with Gasteiger partial charge in [-0.05, 0) is 24.3 Å². The summed E-state index contributed by atoms with van der Waals surface area (Å²) < 4.78 is 8.41. The Morgan fingerprint density at radius 1 is 0.342 bits per heavy atom. The maximum atomic E-state index is 5.65. The Kier molecular flexibility index (Phi) is 23.6. The molecule has 2 heterocycles. The zero-order chi connectivity index (χ0) is 29.3. The molecule has 0 bridgehead atoms. The summed E-state index contributed by atoms with van der Waals surface area (Å²) in [5, 5.41) is 5.14. The van der Waals surface area contributed by atoms with Crippen LogP contribution in [0.2, 0.25) is 0 Å². The topological polar surface area (TPSA) is 13.1 Å². The molecule has 0 aliphatic heterocycles. The van der Waals surface area contributed by atoms with Crippen molar-refractivity contribution in [3.8, 4) is 0 Å². The van der Waals surface area contributed by atoms with E-state index in [1.54, 1.807) is 0 Å². The first-order valence-corrected chi connectivity index (χ1v) is 15.4. The minimum absolute atomic E-state index is 0.962. The van der Waals surface area contributed by atoms with Crippen LogP contribution in [0.4, 0.5) is 0 Å². The molecule has 0 unspecified atom stereocenters. The highest BCUT2D eigenvalue weighted by Crippen LogP contribution is 2.33. The fourth-order valence-corrected chi connectivity index (χ4v) is 4.46. The predicted molar refractivity (Wildman–Crippen MR) is 181 cm³/mol. The van der Waals surface area contributed by atoms with Gasteiger partial charge in [0.25, 0.3) is 0 Å². The molecular formula is C36H52OS. The average Bonchev–Trinajstić information content (AvgIpc) is 3.62. The van der Waals surface area contributed by atoms with E-state index in [4.69, 9.17) is 4.42 Å². The summed E-state index contributed by atoms with van der Waals surface area (Å²) in [7, 11) is 0. The van der Waals surface area contributed by atoms with E-state index in [0.29, 0.717) is 0 Å². The van der Waals surface area contributed by atoms with Gasteiger partial charge in [0.05, 0.1) is 0 Å². The standard InChI is InChI=1S/C12H8O.C12H8S.6C2H6/c2*1-3-7-11-9(5-1)10-6-2-4-8-12(10)13-11;6*1-2/h2*1-8H;6*1-2H3. The van der Waals surface area contributed by atoms with E-state index < -0.39 is 0 Å². The number of thiophene rings is 1. The second-order valence-electron chi connectivity index (χ2n) is 6.19. The largest absolute Gasteiger partial charge is 0.456 e. The summed E-state index contributed by atoms with van der Waals surface area (Å²) in [4.78, 5) is 0. The van der Waals surface area contributed by atoms with Crippen LogP contribution in [0.3, 0.4) is 0 Å². The predicted octanol–water partition coefficient (Wildman–Crippen LogP) is 13.8. The van der Waals surface area contributed by atoms with Crippen LogP contribution < -0.4 is 0 Å². The zero-order valence-electron chi connectivity index (χ0n) is 26.1. The fraction of sp³-hybridized carbons (Fsp3) is 0.333. The third-order valence-corrected chi connectivity index (χ3v) is 5.72. The van der Waals surface area contributed by atoms with E-state index >= 15 is 0 Å². The van der Waals surface area contributed by atoms with Gasteiger partial charge in [0.2, 0.25) is 0 Å². The van der Waals surface area contributed by atoms with Crippen molar-refractivity contribution in [3.63, 3.8) is 0 Å². The summed E-state index contributed by atoms with van der Waals surface area (Å²) in [6, 6.07) is 33.3. The van der Waals surface area contributed by atoms with Crippen molar-refractivity contribution >= 4 is 53.4 Å². The SMILES string of the molecule is CC.CC.CC.CC.CC.CC.c1ccc2c(c1)oc1ccccc12.c1ccc2c(c1)sc1ccccc12. The molecule has 0 spiro atoms. The van der Waals surface area contributed by atoms with Gasteiger partial charge < -0.3 is 4.42 Å². The van der Waals surface area contributed by atoms with E-state index in [0.717, 1.165) is 11.2 Å². The van der Waals surface area contributed by atoms with Crippen molar-refractivity contribution in [1.29, 1.82) is 0 Å². The number of para-hydroxylation sites is 2. The molecule has 6 rings (SSSR count). The van der Waals surface area contributed by atoms with Crippen LogP contribution in [0, 0.1) is 0 Å². The van der Waals surface area contributed by atoms with E-state index in [9.17, 15) is 0 Å². The zero-order valence-corrected chi connectivity index (χ0v) is 26.9. The number of rotatable bonds is 0. The van der Waals surface area contributed by atoms with Gasteiger partial charge in [0.15, 0.2) is 0 Å². The number of benzene rings is 4. The van der Waals surface area contributed by atoms with Crippen molar-refractivity contribution in [2.45, 2.75) is 83.1 Å². The van der Waals surface area contributed by atoms with Gasteiger partial charge in [0.1, 0.15) is 11.2 Å². The molecule has 0 radical (unpaired) electrons. The van der Waals surface area contributed by atoms with Crippen molar-refractivity contribution in [1.82, 2.24) is 0 Å². The highest BCUT2D eigenvalue weighted by atomic mass is 32.1. The van der Waals surface area contributed by atoms with Crippen molar-refractivity contribution in [2.75, 3.05) is 0 Å². The summed E-state index contributed by atoms with van der Waals surface area (Å²) in [6.07, 6.45) is 0. The highest BCUT2D eigenvalue weighted by Gasteiger charge is 2.03. The number of hydrogen-bond donors (Lipinski definition) is 0. The Morgan fingerprint density at radius 2 is 0.605 bits per heavy atom. The molecule has 4 aromatic carbocycles. The molecule has 38 heavy (non-hydrogen) atoms. The molecule has 2 aromatic heterocycles. The molecule has 0 amide bonds. The molecule has 6 aromatic rings. The number of hydrogen-bond acceptors (Lipinski definition) is 2. The van der Waals surface area contributed by atoms with Gasteiger partial charge in [-0.15, -0.1) is 11.3 Å². The molecule has 1 nitrogen and oxygen atoms in total. The Labute approximate surface area is 237 Å². The Bertz CT molecular complexity index is 1130. The first-order chi connectivity index (χ1) is 18.9. The number of fused-ring (bicyclic) bond motifs is 6. The molecule has 208 valence electrons. The lowest BCUT2D eigenvalue weighted by Crippen LogP contribution is -1.62. The molecule has 0 atom stereocenters. The van der Waals surface area contributed by atoms with Gasteiger partial charge in [-0.1, -0.05) is 156 Å². The summed E-state index contributed by atoms with van der Waals surface area (Å²) in [6.45, 7) is 24.0. The van der Waals surface area contributed by atoms with Crippen molar-refractivity contribution in [2.24, 2.45) is 0 Å². The average molecular weight is 533 g/mol. The van der Waals surface area contributed by atoms with Crippen LogP contribution in [0.1, 0.15) is 83.1 Å². The Balaban J connectivity index is 0. The van der Waals surface area contributed by atoms with Gasteiger partial charge in [-0.25, -0.2) is 0 Å². The quantitative estimate of drug-likeness (QED) is 0.189. The third-order valence-electron chi connectivity index (χ3n) is 4.57. The third kappa shape index (κ3) is 10.3. The first kappa shape index (κ1) is 37.1. The van der Waals surface area contributed by atoms with Crippen LogP contribution in [0.15, 0.2) is 101 Å². The lowest BCUT2D eigenvalue weighted by atomic mass is 10.2. The normalized spacial score (nSPS) is 8.53. The van der Waals surface area contributed by atoms with Gasteiger partial charge in [-0.2, -0.15) is 0 Å². The molecule has 0 fully saturated rings. The van der Waals surface area contributed by atoms with Crippen molar-refractivity contribution < 1.29 is 4.42 Å². The second-order valence-corrected chi connectivity index (χ2v) is 7.27. The minimum Gasteiger partial charge on any atom is -0.456 e. The van der Waals surface area contributed by atoms with Crippen LogP contribution >= 0.6 is 11.3 Å². The van der Waals surface area contributed by atoms with Gasteiger partial charge in [0, 0.05) is 30.9 Å². The molecule has 0 saturated heterocycles. The smallest absolute Gasteiger partial charge is 0.135 e. The summed E-state index contributed by atoms with van der Waals surface area (Å²) >= 11 is 1.86. The van der Waals surface area contributed by atoms with E-state index in [1.165, 1.54) is 30.9 Å². The Hall–Kier alpha value is -3.10. The molecule has 0 aliphatic carbocycles. The highest BCUT2D eigenvalue weighted by molar-refractivity contribution is 7.25. The van der Waals surface area contributed by atoms with Gasteiger partial charge >= 0.3 is 0 Å². The fourth-order valence-electron chi connectivity index (χ4n) is 3.35. The second kappa shape index (κ2) is 24.2. The van der Waals surface area contributed by atoms with Crippen LogP contribution in [0.5, 0.6) is 0 Å². The van der Waals surface area contributed by atoms with E-state index in [2.05, 4.69) is 60.7 Å². The maximum Gasteiger partial charge on any atom is 0.135 e. The molecule has 0 N–H and O–H groups in total. The molecule has 2 heteroatoms. The summed E-state index contributed by atoms with van der Waals surface area (Å²) in [5.41, 5.74) is 1.92. The molecule has 0 saturated carbocycles. The van der Waals surface area contributed by atoms with Gasteiger partial charge in [-0.3, -0.25) is 0 Å². The maximum absolute atomic E-state index is 5.65. The van der Waals surface area contributed by atoms with Crippen LogP contribution in [0.25, 0.3) is 42.1 Å². The molecular weight excluding hydrogens is 480 g/mol. The lowest BCUT2D eigenvalue weighted by Gasteiger charge is -1.88. The van der Waals surface area contributed by atoms with E-state index in [1.807, 2.05) is 131 Å². The summed E-state index contributed by atoms with van der Waals surface area (Å²) in [5.74, 6) is 0. The Morgan fingerprint density at radius 3 is 0.947 bits per heavy atom. The lowest BCUT2D eigenvalue weighted by molar-refractivity contribution is 0.669. The van der Waals surface area contributed by atoms with Crippen LogP contribution in [-0.4, -0.2) is 0 Å². The van der Waals surface area contributed by atoms with Crippen LogP contribution in [-0.2, 0) is 0 Å². The monoisotopic (exact) mass is 532 g/mol. The minimum atomic E-state index is 0.962. The van der Waals surface area contributed by atoms with Crippen molar-refractivity contribution in [3.05, 3.63) is 97.1 Å². The van der Waals surface area contributed by atoms with E-state index in [-0.39, 0.29) is 0 Å². The molecule has 0 aliphatic rings. The number of furan rings is 1.